The molecule has 38 heavy (non-hydrogen) atoms. The SMILES string of the molecule is Cc1cc(OCCN[C@H](C)[C@H](O)c2ccc(O)cc2)ccc1-c1ccc(C(=O)O)c(Oc2ccccc2)c1. The number of carboxylic acid groups (broad SMARTS) is 1. The fraction of sp³-hybridized carbons (Fsp3) is 0.194. The third kappa shape index (κ3) is 6.70. The number of carbonyl (C=O) groups is 1. The summed E-state index contributed by atoms with van der Waals surface area (Å²) in [4.78, 5) is 11.7. The summed E-state index contributed by atoms with van der Waals surface area (Å²) in [5, 5.41) is 32.8. The molecule has 0 saturated carbocycles. The van der Waals surface area contributed by atoms with E-state index in [9.17, 15) is 20.1 Å². The Morgan fingerprint density at radius 3 is 2.34 bits per heavy atom. The number of hydrogen-bond acceptors (Lipinski definition) is 6. The molecule has 0 aliphatic rings. The number of aromatic carboxylic acids is 1. The van der Waals surface area contributed by atoms with Gasteiger partial charge < -0.3 is 30.1 Å². The third-order valence-corrected chi connectivity index (χ3v) is 6.24. The van der Waals surface area contributed by atoms with E-state index in [0.29, 0.717) is 24.7 Å². The minimum Gasteiger partial charge on any atom is -0.508 e. The summed E-state index contributed by atoms with van der Waals surface area (Å²) in [6.45, 7) is 4.81. The normalized spacial score (nSPS) is 12.5. The summed E-state index contributed by atoms with van der Waals surface area (Å²) < 4.78 is 11.8. The van der Waals surface area contributed by atoms with Gasteiger partial charge in [0.15, 0.2) is 0 Å². The van der Waals surface area contributed by atoms with Gasteiger partial charge in [-0.1, -0.05) is 42.5 Å². The number of carboxylic acids is 1. The molecule has 7 nitrogen and oxygen atoms in total. The van der Waals surface area contributed by atoms with Gasteiger partial charge in [-0.3, -0.25) is 0 Å². The van der Waals surface area contributed by atoms with Crippen molar-refractivity contribution < 1.29 is 29.6 Å². The Kier molecular flexibility index (Phi) is 8.63. The van der Waals surface area contributed by atoms with Crippen LogP contribution in [-0.2, 0) is 0 Å². The van der Waals surface area contributed by atoms with Gasteiger partial charge in [0, 0.05) is 12.6 Å². The fourth-order valence-corrected chi connectivity index (χ4v) is 4.14. The van der Waals surface area contributed by atoms with E-state index in [0.717, 1.165) is 22.3 Å². The molecule has 4 aromatic rings. The molecule has 0 unspecified atom stereocenters. The number of aromatic hydroxyl groups is 1. The maximum Gasteiger partial charge on any atom is 0.339 e. The van der Waals surface area contributed by atoms with Crippen LogP contribution in [0.3, 0.4) is 0 Å². The molecule has 4 N–H and O–H groups in total. The highest BCUT2D eigenvalue weighted by Crippen LogP contribution is 2.33. The number of phenols is 1. The molecular formula is C31H31NO6. The van der Waals surface area contributed by atoms with Crippen molar-refractivity contribution in [3.05, 3.63) is 108 Å². The quantitative estimate of drug-likeness (QED) is 0.184. The number of ether oxygens (including phenoxy) is 2. The summed E-state index contributed by atoms with van der Waals surface area (Å²) in [6, 6.07) is 26.2. The molecule has 0 spiro atoms. The Balaban J connectivity index is 1.38. The Hall–Kier alpha value is -4.33. The number of aliphatic hydroxyl groups is 1. The molecule has 7 heteroatoms. The Bertz CT molecular complexity index is 1370. The van der Waals surface area contributed by atoms with Crippen LogP contribution in [0.1, 0.15) is 34.5 Å². The van der Waals surface area contributed by atoms with Crippen molar-refractivity contribution in [2.24, 2.45) is 0 Å². The first-order valence-electron chi connectivity index (χ1n) is 12.4. The van der Waals surface area contributed by atoms with E-state index in [1.165, 1.54) is 0 Å². The second-order valence-electron chi connectivity index (χ2n) is 9.04. The molecular weight excluding hydrogens is 482 g/mol. The third-order valence-electron chi connectivity index (χ3n) is 6.24. The highest BCUT2D eigenvalue weighted by molar-refractivity contribution is 5.92. The first-order valence-corrected chi connectivity index (χ1v) is 12.4. The van der Waals surface area contributed by atoms with Crippen LogP contribution in [0, 0.1) is 6.92 Å². The number of benzene rings is 4. The van der Waals surface area contributed by atoms with Crippen molar-refractivity contribution in [2.75, 3.05) is 13.2 Å². The van der Waals surface area contributed by atoms with Crippen LogP contribution < -0.4 is 14.8 Å². The van der Waals surface area contributed by atoms with Crippen LogP contribution in [0.25, 0.3) is 11.1 Å². The number of aryl methyl sites for hydroxylation is 1. The summed E-state index contributed by atoms with van der Waals surface area (Å²) in [5.74, 6) is 0.653. The van der Waals surface area contributed by atoms with Gasteiger partial charge in [-0.25, -0.2) is 4.79 Å². The minimum atomic E-state index is -1.05. The average Bonchev–Trinajstić information content (AvgIpc) is 2.91. The van der Waals surface area contributed by atoms with Crippen LogP contribution >= 0.6 is 0 Å². The second-order valence-corrected chi connectivity index (χ2v) is 9.04. The maximum absolute atomic E-state index is 11.7. The van der Waals surface area contributed by atoms with E-state index >= 15 is 0 Å². The van der Waals surface area contributed by atoms with E-state index in [-0.39, 0.29) is 23.1 Å². The zero-order valence-electron chi connectivity index (χ0n) is 21.3. The van der Waals surface area contributed by atoms with Gasteiger partial charge in [0.1, 0.15) is 35.2 Å². The molecule has 196 valence electrons. The molecule has 4 aromatic carbocycles. The predicted octanol–water partition coefficient (Wildman–Crippen LogP) is 5.95. The lowest BCUT2D eigenvalue weighted by Crippen LogP contribution is -2.35. The lowest BCUT2D eigenvalue weighted by molar-refractivity contribution is 0.0694. The summed E-state index contributed by atoms with van der Waals surface area (Å²) in [5.41, 5.74) is 3.57. The number of hydrogen-bond donors (Lipinski definition) is 4. The zero-order chi connectivity index (χ0) is 27.1. The number of rotatable bonds is 11. The van der Waals surface area contributed by atoms with Gasteiger partial charge in [-0.15, -0.1) is 0 Å². The first-order chi connectivity index (χ1) is 18.3. The van der Waals surface area contributed by atoms with Gasteiger partial charge in [0.05, 0.1) is 6.10 Å². The van der Waals surface area contributed by atoms with Gasteiger partial charge in [0.25, 0.3) is 0 Å². The molecule has 0 fully saturated rings. The molecule has 0 aromatic heterocycles. The van der Waals surface area contributed by atoms with Crippen LogP contribution in [-0.4, -0.2) is 40.5 Å². The molecule has 0 saturated heterocycles. The predicted molar refractivity (Wildman–Crippen MR) is 146 cm³/mol. The standard InChI is InChI=1S/C31H31NO6/c1-20-18-26(37-17-16-32-21(2)30(34)22-8-11-24(33)12-9-22)13-15-27(20)23-10-14-28(31(35)36)29(19-23)38-25-6-4-3-5-7-25/h3-15,18-19,21,30,32-34H,16-17H2,1-2H3,(H,35,36)/t21-,30+/m1/s1. The molecule has 0 radical (unpaired) electrons. The summed E-state index contributed by atoms with van der Waals surface area (Å²) in [7, 11) is 0. The van der Waals surface area contributed by atoms with Gasteiger partial charge >= 0.3 is 5.97 Å². The Morgan fingerprint density at radius 2 is 1.66 bits per heavy atom. The van der Waals surface area contributed by atoms with Crippen molar-refractivity contribution in [1.82, 2.24) is 5.32 Å². The van der Waals surface area contributed by atoms with Crippen LogP contribution in [0.2, 0.25) is 0 Å². The fourth-order valence-electron chi connectivity index (χ4n) is 4.14. The summed E-state index contributed by atoms with van der Waals surface area (Å²) >= 11 is 0. The topological polar surface area (TPSA) is 108 Å². The lowest BCUT2D eigenvalue weighted by Gasteiger charge is -2.21. The Labute approximate surface area is 221 Å². The average molecular weight is 514 g/mol. The second kappa shape index (κ2) is 12.3. The van der Waals surface area contributed by atoms with E-state index in [2.05, 4.69) is 5.32 Å². The number of para-hydroxylation sites is 1. The molecule has 0 amide bonds. The van der Waals surface area contributed by atoms with Crippen molar-refractivity contribution in [2.45, 2.75) is 26.0 Å². The maximum atomic E-state index is 11.7. The largest absolute Gasteiger partial charge is 0.508 e. The van der Waals surface area contributed by atoms with Crippen LogP contribution in [0.4, 0.5) is 0 Å². The molecule has 0 heterocycles. The molecule has 2 atom stereocenters. The van der Waals surface area contributed by atoms with Crippen molar-refractivity contribution in [1.29, 1.82) is 0 Å². The summed E-state index contributed by atoms with van der Waals surface area (Å²) in [6.07, 6.45) is -0.708. The lowest BCUT2D eigenvalue weighted by atomic mass is 9.98. The monoisotopic (exact) mass is 513 g/mol. The Morgan fingerprint density at radius 1 is 0.921 bits per heavy atom. The van der Waals surface area contributed by atoms with Crippen molar-refractivity contribution >= 4 is 5.97 Å². The van der Waals surface area contributed by atoms with Gasteiger partial charge in [0.2, 0.25) is 0 Å². The van der Waals surface area contributed by atoms with Crippen LogP contribution in [0.5, 0.6) is 23.0 Å². The van der Waals surface area contributed by atoms with Crippen molar-refractivity contribution in [3.8, 4) is 34.1 Å². The highest BCUT2D eigenvalue weighted by Gasteiger charge is 2.17. The molecule has 4 rings (SSSR count). The highest BCUT2D eigenvalue weighted by atomic mass is 16.5. The van der Waals surface area contributed by atoms with E-state index in [1.54, 1.807) is 54.6 Å². The number of aliphatic hydroxyl groups excluding tert-OH is 1. The van der Waals surface area contributed by atoms with E-state index in [1.807, 2.05) is 50.2 Å². The van der Waals surface area contributed by atoms with Gasteiger partial charge in [-0.2, -0.15) is 0 Å². The number of nitrogens with one attached hydrogen (secondary N) is 1. The number of phenolic OH excluding ortho intramolecular Hbond substituents is 1. The molecule has 0 aliphatic carbocycles. The van der Waals surface area contributed by atoms with Gasteiger partial charge in [-0.05, 0) is 84.6 Å². The molecule has 0 bridgehead atoms. The minimum absolute atomic E-state index is 0.0902. The first kappa shape index (κ1) is 26.7. The molecule has 0 aliphatic heterocycles. The smallest absolute Gasteiger partial charge is 0.339 e. The van der Waals surface area contributed by atoms with E-state index < -0.39 is 12.1 Å². The van der Waals surface area contributed by atoms with Crippen molar-refractivity contribution in [3.63, 3.8) is 0 Å². The van der Waals surface area contributed by atoms with Crippen LogP contribution in [0.15, 0.2) is 91.0 Å². The zero-order valence-corrected chi connectivity index (χ0v) is 21.3. The van der Waals surface area contributed by atoms with E-state index in [4.69, 9.17) is 9.47 Å².